The summed E-state index contributed by atoms with van der Waals surface area (Å²) in [6.07, 6.45) is 0. The lowest BCUT2D eigenvalue weighted by molar-refractivity contribution is 0.0898. The van der Waals surface area contributed by atoms with Gasteiger partial charge in [-0.1, -0.05) is 26.0 Å². The van der Waals surface area contributed by atoms with Crippen LogP contribution in [0.15, 0.2) is 46.9 Å². The second-order valence-electron chi connectivity index (χ2n) is 6.89. The van der Waals surface area contributed by atoms with Crippen molar-refractivity contribution in [3.63, 3.8) is 0 Å². The molecule has 0 saturated heterocycles. The van der Waals surface area contributed by atoms with E-state index in [9.17, 15) is 4.79 Å². The third kappa shape index (κ3) is 3.77. The smallest absolute Gasteiger partial charge is 0.287 e. The number of benzene rings is 2. The van der Waals surface area contributed by atoms with E-state index in [0.29, 0.717) is 11.3 Å². The third-order valence-corrected chi connectivity index (χ3v) is 4.78. The first kappa shape index (κ1) is 18.8. The molecule has 27 heavy (non-hydrogen) atoms. The van der Waals surface area contributed by atoms with Crippen molar-refractivity contribution in [3.8, 4) is 11.5 Å². The molecule has 1 amide bonds. The van der Waals surface area contributed by atoms with Crippen LogP contribution in [0.25, 0.3) is 11.0 Å². The van der Waals surface area contributed by atoms with Gasteiger partial charge in [0.05, 0.1) is 20.3 Å². The number of fused-ring (bicyclic) bond motifs is 1. The maximum absolute atomic E-state index is 12.9. The summed E-state index contributed by atoms with van der Waals surface area (Å²) in [6, 6.07) is 13.1. The Labute approximate surface area is 159 Å². The highest BCUT2D eigenvalue weighted by Gasteiger charge is 2.23. The van der Waals surface area contributed by atoms with E-state index >= 15 is 0 Å². The zero-order chi connectivity index (χ0) is 19.6. The summed E-state index contributed by atoms with van der Waals surface area (Å²) in [5.41, 5.74) is 2.50. The number of ether oxygens (including phenoxy) is 2. The van der Waals surface area contributed by atoms with Gasteiger partial charge >= 0.3 is 0 Å². The van der Waals surface area contributed by atoms with Crippen LogP contribution in [0.3, 0.4) is 0 Å². The van der Waals surface area contributed by atoms with E-state index in [1.807, 2.05) is 49.4 Å². The molecule has 142 valence electrons. The summed E-state index contributed by atoms with van der Waals surface area (Å²) < 4.78 is 16.3. The SMILES string of the molecule is COc1ccc([C@H](NC(=O)c2oc3ccc(OC)cc3c2C)C(C)C)cc1. The molecule has 0 unspecified atom stereocenters. The first-order valence-electron chi connectivity index (χ1n) is 8.96. The lowest BCUT2D eigenvalue weighted by atomic mass is 9.95. The van der Waals surface area contributed by atoms with Gasteiger partial charge in [0.1, 0.15) is 17.1 Å². The third-order valence-electron chi connectivity index (χ3n) is 4.78. The van der Waals surface area contributed by atoms with Gasteiger partial charge in [0.25, 0.3) is 5.91 Å². The molecule has 5 nitrogen and oxygen atoms in total. The Hall–Kier alpha value is -2.95. The van der Waals surface area contributed by atoms with Crippen LogP contribution in [0, 0.1) is 12.8 Å². The molecule has 5 heteroatoms. The van der Waals surface area contributed by atoms with Crippen LogP contribution >= 0.6 is 0 Å². The number of methoxy groups -OCH3 is 2. The number of carbonyl (C=O) groups excluding carboxylic acids is 1. The molecule has 0 aliphatic carbocycles. The predicted molar refractivity (Wildman–Crippen MR) is 106 cm³/mol. The molecule has 0 bridgehead atoms. The highest BCUT2D eigenvalue weighted by atomic mass is 16.5. The Kier molecular flexibility index (Phi) is 5.40. The highest BCUT2D eigenvalue weighted by molar-refractivity contribution is 5.99. The highest BCUT2D eigenvalue weighted by Crippen LogP contribution is 2.30. The van der Waals surface area contributed by atoms with Crippen molar-refractivity contribution in [1.29, 1.82) is 0 Å². The quantitative estimate of drug-likeness (QED) is 0.674. The van der Waals surface area contributed by atoms with E-state index in [0.717, 1.165) is 28.0 Å². The second-order valence-corrected chi connectivity index (χ2v) is 6.89. The Morgan fingerprint density at radius 2 is 1.63 bits per heavy atom. The fourth-order valence-electron chi connectivity index (χ4n) is 3.20. The second kappa shape index (κ2) is 7.74. The molecule has 0 fully saturated rings. The number of nitrogens with one attached hydrogen (secondary N) is 1. The lowest BCUT2D eigenvalue weighted by Gasteiger charge is -2.22. The average molecular weight is 367 g/mol. The molecule has 2 aromatic carbocycles. The Balaban J connectivity index is 1.89. The lowest BCUT2D eigenvalue weighted by Crippen LogP contribution is -2.31. The van der Waals surface area contributed by atoms with Crippen LogP contribution in [0.5, 0.6) is 11.5 Å². The van der Waals surface area contributed by atoms with Crippen molar-refractivity contribution in [3.05, 3.63) is 59.4 Å². The molecule has 3 rings (SSSR count). The van der Waals surface area contributed by atoms with Crippen molar-refractivity contribution in [1.82, 2.24) is 5.32 Å². The maximum Gasteiger partial charge on any atom is 0.287 e. The Morgan fingerprint density at radius 1 is 1.00 bits per heavy atom. The molecule has 0 saturated carbocycles. The summed E-state index contributed by atoms with van der Waals surface area (Å²) in [7, 11) is 3.25. The number of hydrogen-bond donors (Lipinski definition) is 1. The van der Waals surface area contributed by atoms with Crippen LogP contribution in [0.4, 0.5) is 0 Å². The van der Waals surface area contributed by atoms with E-state index in [1.165, 1.54) is 0 Å². The number of rotatable bonds is 6. The standard InChI is InChI=1S/C22H25NO4/c1-13(2)20(15-6-8-16(25-4)9-7-15)23-22(24)21-14(3)18-12-17(26-5)10-11-19(18)27-21/h6-13,20H,1-5H3,(H,23,24)/t20-/m1/s1. The summed E-state index contributed by atoms with van der Waals surface area (Å²) in [4.78, 5) is 12.9. The van der Waals surface area contributed by atoms with Gasteiger partial charge in [-0.05, 0) is 48.7 Å². The van der Waals surface area contributed by atoms with Gasteiger partial charge in [0.15, 0.2) is 5.76 Å². The molecule has 0 aliphatic heterocycles. The molecule has 1 heterocycles. The summed E-state index contributed by atoms with van der Waals surface area (Å²) in [6.45, 7) is 6.04. The van der Waals surface area contributed by atoms with E-state index < -0.39 is 0 Å². The minimum Gasteiger partial charge on any atom is -0.497 e. The molecular weight excluding hydrogens is 342 g/mol. The van der Waals surface area contributed by atoms with Crippen molar-refractivity contribution in [2.24, 2.45) is 5.92 Å². The van der Waals surface area contributed by atoms with Crippen LogP contribution < -0.4 is 14.8 Å². The summed E-state index contributed by atoms with van der Waals surface area (Å²) in [5, 5.41) is 3.99. The number of carbonyl (C=O) groups is 1. The van der Waals surface area contributed by atoms with Gasteiger partial charge < -0.3 is 19.2 Å². The molecular formula is C22H25NO4. The van der Waals surface area contributed by atoms with Gasteiger partial charge in [-0.25, -0.2) is 0 Å². The van der Waals surface area contributed by atoms with E-state index in [4.69, 9.17) is 13.9 Å². The van der Waals surface area contributed by atoms with Crippen molar-refractivity contribution >= 4 is 16.9 Å². The largest absolute Gasteiger partial charge is 0.497 e. The van der Waals surface area contributed by atoms with Gasteiger partial charge in [0.2, 0.25) is 0 Å². The molecule has 3 aromatic rings. The fraction of sp³-hybridized carbons (Fsp3) is 0.318. The van der Waals surface area contributed by atoms with Gasteiger partial charge in [-0.2, -0.15) is 0 Å². The van der Waals surface area contributed by atoms with Crippen LogP contribution in [0.2, 0.25) is 0 Å². The van der Waals surface area contributed by atoms with Crippen LogP contribution in [-0.2, 0) is 0 Å². The zero-order valence-corrected chi connectivity index (χ0v) is 16.3. The molecule has 1 N–H and O–H groups in total. The van der Waals surface area contributed by atoms with Crippen molar-refractivity contribution in [2.45, 2.75) is 26.8 Å². The fourth-order valence-corrected chi connectivity index (χ4v) is 3.20. The molecule has 0 radical (unpaired) electrons. The van der Waals surface area contributed by atoms with Gasteiger partial charge in [-0.3, -0.25) is 4.79 Å². The van der Waals surface area contributed by atoms with E-state index in [-0.39, 0.29) is 17.9 Å². The monoisotopic (exact) mass is 367 g/mol. The summed E-state index contributed by atoms with van der Waals surface area (Å²) >= 11 is 0. The molecule has 1 atom stereocenters. The minimum atomic E-state index is -0.225. The molecule has 0 spiro atoms. The Morgan fingerprint density at radius 3 is 2.22 bits per heavy atom. The normalized spacial score (nSPS) is 12.2. The van der Waals surface area contributed by atoms with Crippen molar-refractivity contribution < 1.29 is 18.7 Å². The van der Waals surface area contributed by atoms with Crippen LogP contribution in [-0.4, -0.2) is 20.1 Å². The van der Waals surface area contributed by atoms with Gasteiger partial charge in [0, 0.05) is 10.9 Å². The summed E-state index contributed by atoms with van der Waals surface area (Å²) in [5.74, 6) is 1.84. The number of furan rings is 1. The van der Waals surface area contributed by atoms with E-state index in [2.05, 4.69) is 19.2 Å². The average Bonchev–Trinajstić information content (AvgIpc) is 3.02. The number of amides is 1. The number of aryl methyl sites for hydroxylation is 1. The van der Waals surface area contributed by atoms with Gasteiger partial charge in [-0.15, -0.1) is 0 Å². The number of hydrogen-bond acceptors (Lipinski definition) is 4. The Bertz CT molecular complexity index is 941. The van der Waals surface area contributed by atoms with Crippen molar-refractivity contribution in [2.75, 3.05) is 14.2 Å². The molecule has 0 aliphatic rings. The topological polar surface area (TPSA) is 60.7 Å². The minimum absolute atomic E-state index is 0.134. The maximum atomic E-state index is 12.9. The zero-order valence-electron chi connectivity index (χ0n) is 16.3. The molecule has 1 aromatic heterocycles. The predicted octanol–water partition coefficient (Wildman–Crippen LogP) is 4.89. The first-order valence-corrected chi connectivity index (χ1v) is 8.96. The van der Waals surface area contributed by atoms with E-state index in [1.54, 1.807) is 14.2 Å². The van der Waals surface area contributed by atoms with Crippen LogP contribution in [0.1, 0.15) is 41.6 Å². The first-order chi connectivity index (χ1) is 12.9.